The molecule has 2 aromatic carbocycles. The molecule has 0 aliphatic rings. The van der Waals surface area contributed by atoms with E-state index < -0.39 is 22.0 Å². The maximum Gasteiger partial charge on any atom is 0.274 e. The van der Waals surface area contributed by atoms with Gasteiger partial charge in [-0.2, -0.15) is 0 Å². The van der Waals surface area contributed by atoms with Gasteiger partial charge in [-0.15, -0.1) is 11.3 Å². The number of carbonyl (C=O) groups is 1. The number of nitrogen functional groups attached to an aromatic ring is 1. The summed E-state index contributed by atoms with van der Waals surface area (Å²) in [4.78, 5) is 50.3. The SMILES string of the molecule is Cc1ncc(C#Cc2cccc3nc([C@@H](C)NC(=O)c4nc(-c5cncc(NS(C)(=O)=O)c5)cnc4N)n(-c4ccccc4)c(=O)c23)s1. The second-order valence-corrected chi connectivity index (χ2v) is 13.6. The number of rotatable bonds is 7. The van der Waals surface area contributed by atoms with Crippen LogP contribution >= 0.6 is 11.3 Å². The lowest BCUT2D eigenvalue weighted by Crippen LogP contribution is -2.34. The molecule has 0 saturated carbocycles. The molecule has 0 radical (unpaired) electrons. The fourth-order valence-electron chi connectivity index (χ4n) is 4.90. The number of amides is 1. The molecule has 0 aliphatic heterocycles. The summed E-state index contributed by atoms with van der Waals surface area (Å²) in [6.45, 7) is 3.59. The van der Waals surface area contributed by atoms with Gasteiger partial charge < -0.3 is 11.1 Å². The van der Waals surface area contributed by atoms with E-state index in [-0.39, 0.29) is 34.3 Å². The van der Waals surface area contributed by atoms with Gasteiger partial charge in [0.25, 0.3) is 11.5 Å². The van der Waals surface area contributed by atoms with Crippen LogP contribution in [0.1, 0.15) is 44.7 Å². The van der Waals surface area contributed by atoms with E-state index >= 15 is 0 Å². The molecule has 0 bridgehead atoms. The minimum Gasteiger partial charge on any atom is -0.382 e. The van der Waals surface area contributed by atoms with E-state index in [0.29, 0.717) is 27.7 Å². The number of carbonyl (C=O) groups excluding carboxylic acids is 1. The number of pyridine rings is 1. The van der Waals surface area contributed by atoms with Gasteiger partial charge in [-0.3, -0.25) is 23.9 Å². The Morgan fingerprint density at radius 1 is 1.00 bits per heavy atom. The Balaban J connectivity index is 1.38. The highest BCUT2D eigenvalue weighted by Gasteiger charge is 2.23. The van der Waals surface area contributed by atoms with Crippen LogP contribution in [0, 0.1) is 18.8 Å². The average molecular weight is 678 g/mol. The first-order valence-corrected chi connectivity index (χ1v) is 17.1. The van der Waals surface area contributed by atoms with Gasteiger partial charge in [0.05, 0.1) is 68.7 Å². The van der Waals surface area contributed by atoms with Crippen molar-refractivity contribution < 1.29 is 13.2 Å². The number of sulfonamides is 1. The molecule has 0 saturated heterocycles. The van der Waals surface area contributed by atoms with Crippen molar-refractivity contribution in [1.29, 1.82) is 0 Å². The Kier molecular flexibility index (Phi) is 8.68. The minimum absolute atomic E-state index is 0.131. The van der Waals surface area contributed by atoms with Crippen LogP contribution in [0.25, 0.3) is 27.8 Å². The Morgan fingerprint density at radius 2 is 1.79 bits per heavy atom. The molecular formula is C33H27N9O4S2. The Labute approximate surface area is 279 Å². The number of nitrogens with two attached hydrogens (primary N) is 1. The summed E-state index contributed by atoms with van der Waals surface area (Å²) >= 11 is 1.46. The molecule has 0 fully saturated rings. The molecule has 4 heterocycles. The summed E-state index contributed by atoms with van der Waals surface area (Å²) in [5.41, 5.74) is 7.85. The molecule has 48 heavy (non-hydrogen) atoms. The van der Waals surface area contributed by atoms with Gasteiger partial charge in [-0.05, 0) is 50.1 Å². The third kappa shape index (κ3) is 6.89. The lowest BCUT2D eigenvalue weighted by molar-refractivity contribution is 0.0933. The number of aromatic nitrogens is 6. The Bertz CT molecular complexity index is 2430. The van der Waals surface area contributed by atoms with Crippen molar-refractivity contribution >= 4 is 49.7 Å². The van der Waals surface area contributed by atoms with Crippen molar-refractivity contribution in [2.75, 3.05) is 16.7 Å². The Hall–Kier alpha value is -5.98. The summed E-state index contributed by atoms with van der Waals surface area (Å²) < 4.78 is 27.2. The highest BCUT2D eigenvalue weighted by atomic mass is 32.2. The molecule has 1 amide bonds. The summed E-state index contributed by atoms with van der Waals surface area (Å²) in [6.07, 6.45) is 6.85. The zero-order valence-corrected chi connectivity index (χ0v) is 27.4. The highest BCUT2D eigenvalue weighted by Crippen LogP contribution is 2.24. The van der Waals surface area contributed by atoms with Gasteiger partial charge in [0.2, 0.25) is 10.0 Å². The van der Waals surface area contributed by atoms with Crippen molar-refractivity contribution in [3.05, 3.63) is 117 Å². The molecule has 4 aromatic heterocycles. The molecule has 0 aliphatic carbocycles. The lowest BCUT2D eigenvalue weighted by atomic mass is 10.1. The molecule has 0 spiro atoms. The van der Waals surface area contributed by atoms with Gasteiger partial charge in [0, 0.05) is 17.3 Å². The predicted octanol–water partition coefficient (Wildman–Crippen LogP) is 3.85. The molecule has 4 N–H and O–H groups in total. The summed E-state index contributed by atoms with van der Waals surface area (Å²) in [6, 6.07) is 14.9. The number of hydrogen-bond donors (Lipinski definition) is 3. The van der Waals surface area contributed by atoms with Crippen molar-refractivity contribution in [3.8, 4) is 28.8 Å². The summed E-state index contributed by atoms with van der Waals surface area (Å²) in [5.74, 6) is 5.67. The number of benzene rings is 2. The topological polar surface area (TPSA) is 188 Å². The van der Waals surface area contributed by atoms with Crippen LogP contribution in [0.15, 0.2) is 84.2 Å². The molecule has 1 atom stereocenters. The third-order valence-electron chi connectivity index (χ3n) is 6.97. The first-order valence-electron chi connectivity index (χ1n) is 14.4. The lowest BCUT2D eigenvalue weighted by Gasteiger charge is -2.20. The monoisotopic (exact) mass is 677 g/mol. The number of para-hydroxylation sites is 1. The van der Waals surface area contributed by atoms with Crippen LogP contribution in [-0.4, -0.2) is 50.1 Å². The second-order valence-electron chi connectivity index (χ2n) is 10.7. The van der Waals surface area contributed by atoms with Gasteiger partial charge in [0.15, 0.2) is 11.5 Å². The third-order valence-corrected chi connectivity index (χ3v) is 8.40. The van der Waals surface area contributed by atoms with Crippen molar-refractivity contribution in [1.82, 2.24) is 34.8 Å². The van der Waals surface area contributed by atoms with E-state index in [1.54, 1.807) is 55.6 Å². The molecular weight excluding hydrogens is 651 g/mol. The number of hydrogen-bond acceptors (Lipinski definition) is 11. The first-order chi connectivity index (χ1) is 23.0. The van der Waals surface area contributed by atoms with E-state index in [1.165, 1.54) is 40.6 Å². The van der Waals surface area contributed by atoms with Gasteiger partial charge >= 0.3 is 0 Å². The van der Waals surface area contributed by atoms with E-state index in [1.807, 2.05) is 13.0 Å². The second kappa shape index (κ2) is 13.0. The number of fused-ring (bicyclic) bond motifs is 1. The van der Waals surface area contributed by atoms with Crippen LogP contribution in [0.2, 0.25) is 0 Å². The first kappa shape index (κ1) is 32.0. The smallest absolute Gasteiger partial charge is 0.274 e. The maximum absolute atomic E-state index is 14.3. The Morgan fingerprint density at radius 3 is 2.52 bits per heavy atom. The van der Waals surface area contributed by atoms with E-state index in [2.05, 4.69) is 41.8 Å². The van der Waals surface area contributed by atoms with Crippen molar-refractivity contribution in [2.24, 2.45) is 0 Å². The van der Waals surface area contributed by atoms with E-state index in [4.69, 9.17) is 10.7 Å². The highest BCUT2D eigenvalue weighted by molar-refractivity contribution is 7.92. The largest absolute Gasteiger partial charge is 0.382 e. The molecule has 0 unspecified atom stereocenters. The van der Waals surface area contributed by atoms with Crippen LogP contribution < -0.4 is 21.3 Å². The number of nitrogens with one attached hydrogen (secondary N) is 2. The molecule has 240 valence electrons. The summed E-state index contributed by atoms with van der Waals surface area (Å²) in [7, 11) is -3.55. The number of thiazole rings is 1. The standard InChI is InChI=1S/C33H27N9O4S2/c1-19(38-32(43)29-30(34)37-18-27(39-29)22-14-23(16-35-15-22)41-48(3,45)46)31-40-26-11-7-8-21(12-13-25-17-36-20(2)47-25)28(26)33(44)42(31)24-9-5-4-6-10-24/h4-11,14-19,41H,1-3H3,(H2,34,37)(H,38,43)/t19-/m1/s1. The molecule has 13 nitrogen and oxygen atoms in total. The zero-order chi connectivity index (χ0) is 34.0. The molecule has 6 aromatic rings. The minimum atomic E-state index is -3.55. The van der Waals surface area contributed by atoms with E-state index in [0.717, 1.165) is 16.1 Å². The number of aryl methyl sites for hydroxylation is 1. The van der Waals surface area contributed by atoms with Crippen LogP contribution in [0.3, 0.4) is 0 Å². The van der Waals surface area contributed by atoms with Crippen LogP contribution in [-0.2, 0) is 10.0 Å². The number of anilines is 2. The molecule has 6 rings (SSSR count). The average Bonchev–Trinajstić information content (AvgIpc) is 3.48. The van der Waals surface area contributed by atoms with E-state index in [9.17, 15) is 18.0 Å². The predicted molar refractivity (Wildman–Crippen MR) is 184 cm³/mol. The van der Waals surface area contributed by atoms with Crippen molar-refractivity contribution in [2.45, 2.75) is 19.9 Å². The fourth-order valence-corrected chi connectivity index (χ4v) is 6.07. The van der Waals surface area contributed by atoms with Crippen LogP contribution in [0.5, 0.6) is 0 Å². The fraction of sp³-hybridized carbons (Fsp3) is 0.121. The van der Waals surface area contributed by atoms with Crippen molar-refractivity contribution in [3.63, 3.8) is 0 Å². The normalized spacial score (nSPS) is 11.8. The maximum atomic E-state index is 14.3. The summed E-state index contributed by atoms with van der Waals surface area (Å²) in [5, 5.41) is 4.08. The quantitative estimate of drug-likeness (QED) is 0.210. The van der Waals surface area contributed by atoms with Gasteiger partial charge in [-0.1, -0.05) is 30.2 Å². The molecule has 15 heteroatoms. The van der Waals surface area contributed by atoms with Gasteiger partial charge in [-0.25, -0.2) is 28.4 Å². The number of nitrogens with zero attached hydrogens (tertiary/aromatic N) is 6. The van der Waals surface area contributed by atoms with Gasteiger partial charge in [0.1, 0.15) is 5.82 Å². The van der Waals surface area contributed by atoms with Crippen LogP contribution in [0.4, 0.5) is 11.5 Å². The zero-order valence-electron chi connectivity index (χ0n) is 25.8.